The van der Waals surface area contributed by atoms with Gasteiger partial charge in [-0.3, -0.25) is 10.7 Å². The fourth-order valence-electron chi connectivity index (χ4n) is 4.84. The minimum Gasteiger partial charge on any atom is -0.508 e. The van der Waals surface area contributed by atoms with E-state index >= 15 is 0 Å². The Balaban J connectivity index is 0.00000304. The van der Waals surface area contributed by atoms with Gasteiger partial charge < -0.3 is 19.5 Å². The van der Waals surface area contributed by atoms with Crippen LogP contribution in [0.3, 0.4) is 0 Å². The van der Waals surface area contributed by atoms with E-state index in [-0.39, 0.29) is 68.0 Å². The first-order chi connectivity index (χ1) is 16.9. The van der Waals surface area contributed by atoms with E-state index in [2.05, 4.69) is 0 Å². The summed E-state index contributed by atoms with van der Waals surface area (Å²) >= 11 is 0. The first kappa shape index (κ1) is 26.9. The number of phenolic OH excluding ortho intramolecular Hbond substituents is 1. The second kappa shape index (κ2) is 11.1. The number of β-lactam (4-membered cyclic amide) rings is 1. The number of carbonyl (C=O) groups is 1. The van der Waals surface area contributed by atoms with Crippen molar-refractivity contribution in [3.05, 3.63) is 101 Å². The Labute approximate surface area is 234 Å². The van der Waals surface area contributed by atoms with Crippen LogP contribution < -0.4 is 4.90 Å². The number of amides is 1. The summed E-state index contributed by atoms with van der Waals surface area (Å²) in [5.41, 5.74) is 2.17. The summed E-state index contributed by atoms with van der Waals surface area (Å²) in [5, 5.41) is 9.75. The molecule has 3 aromatic rings. The summed E-state index contributed by atoms with van der Waals surface area (Å²) < 4.78 is 39.4. The van der Waals surface area contributed by atoms with Gasteiger partial charge in [0.15, 0.2) is 5.79 Å². The van der Waals surface area contributed by atoms with Crippen molar-refractivity contribution in [3.63, 3.8) is 0 Å². The van der Waals surface area contributed by atoms with Crippen molar-refractivity contribution in [3.8, 4) is 5.75 Å². The van der Waals surface area contributed by atoms with Gasteiger partial charge in [-0.05, 0) is 60.5 Å². The number of phenols is 1. The molecule has 0 spiro atoms. The van der Waals surface area contributed by atoms with Crippen molar-refractivity contribution in [2.75, 3.05) is 18.1 Å². The van der Waals surface area contributed by atoms with Gasteiger partial charge in [-0.1, -0.05) is 37.5 Å². The molecule has 2 atom stereocenters. The van der Waals surface area contributed by atoms with Crippen LogP contribution in [0.15, 0.2) is 72.8 Å². The molecule has 0 bridgehead atoms. The van der Waals surface area contributed by atoms with Crippen LogP contribution in [-0.2, 0) is 52.8 Å². The van der Waals surface area contributed by atoms with Crippen LogP contribution in [0.2, 0.25) is 0 Å². The second-order valence-corrected chi connectivity index (χ2v) is 9.16. The number of benzene rings is 3. The maximum absolute atomic E-state index is 13.6. The zero-order valence-electron chi connectivity index (χ0n) is 19.9. The largest absolute Gasteiger partial charge is 0.508 e. The molecular weight excluding hydrogens is 541 g/mol. The molecule has 1 amide bonds. The smallest absolute Gasteiger partial charge is 0.233 e. The molecule has 36 heavy (non-hydrogen) atoms. The Kier molecular flexibility index (Phi) is 8.25. The van der Waals surface area contributed by atoms with E-state index < -0.39 is 5.79 Å². The Hall–Kier alpha value is -2.19. The summed E-state index contributed by atoms with van der Waals surface area (Å²) in [6.07, 6.45) is 0.854. The molecular formula is C28H26F2NO4Y-. The number of hydrogen-bond donors (Lipinski definition) is 1. The van der Waals surface area contributed by atoms with E-state index in [1.807, 2.05) is 6.92 Å². The zero-order chi connectivity index (χ0) is 24.6. The standard InChI is InChI=1S/C28H26F2NO4.Y/c1-18-16-34-28(35-17-18,20-4-6-21(29)7-5-20)15-14-25-26(19-2-12-24(32)13-3-19)31(27(25)33)23-10-8-22(30)9-11-23;/h2-13,25-26,32H,14-17H2,1H3;/q-1;/t25-,26-;/m1./s1. The molecule has 0 aliphatic carbocycles. The van der Waals surface area contributed by atoms with Crippen LogP contribution >= 0.6 is 0 Å². The van der Waals surface area contributed by atoms with Gasteiger partial charge >= 0.3 is 0 Å². The first-order valence-electron chi connectivity index (χ1n) is 11.6. The molecule has 2 aliphatic rings. The van der Waals surface area contributed by atoms with Crippen LogP contribution in [0.5, 0.6) is 5.75 Å². The van der Waals surface area contributed by atoms with Crippen LogP contribution in [0.25, 0.3) is 0 Å². The van der Waals surface area contributed by atoms with Crippen molar-refractivity contribution in [1.82, 2.24) is 0 Å². The number of nitrogens with zero attached hydrogens (tertiary/aromatic N) is 1. The first-order valence-corrected chi connectivity index (χ1v) is 11.6. The number of ether oxygens (including phenoxy) is 2. The van der Waals surface area contributed by atoms with Gasteiger partial charge in [-0.15, -0.1) is 0 Å². The molecule has 0 unspecified atom stereocenters. The maximum Gasteiger partial charge on any atom is 0.233 e. The maximum atomic E-state index is 13.6. The number of anilines is 1. The van der Waals surface area contributed by atoms with Gasteiger partial charge in [0, 0.05) is 50.4 Å². The van der Waals surface area contributed by atoms with Crippen molar-refractivity contribution in [2.24, 2.45) is 5.92 Å². The third-order valence-corrected chi connectivity index (χ3v) is 6.73. The second-order valence-electron chi connectivity index (χ2n) is 9.16. The van der Waals surface area contributed by atoms with E-state index in [4.69, 9.17) is 9.47 Å². The number of hydrogen-bond acceptors (Lipinski definition) is 4. The number of aromatic hydroxyl groups is 1. The van der Waals surface area contributed by atoms with E-state index in [9.17, 15) is 18.7 Å². The minimum atomic E-state index is -1.08. The van der Waals surface area contributed by atoms with Gasteiger partial charge in [0.25, 0.3) is 0 Å². The summed E-state index contributed by atoms with van der Waals surface area (Å²) in [4.78, 5) is 15.0. The van der Waals surface area contributed by atoms with E-state index in [1.165, 1.54) is 24.3 Å². The Morgan fingerprint density at radius 3 is 2.08 bits per heavy atom. The summed E-state index contributed by atoms with van der Waals surface area (Å²) in [6.45, 7) is 2.78. The zero-order valence-corrected chi connectivity index (χ0v) is 22.7. The van der Waals surface area contributed by atoms with E-state index in [1.54, 1.807) is 53.4 Å². The number of rotatable bonds is 6. The average Bonchev–Trinajstić information content (AvgIpc) is 2.86. The van der Waals surface area contributed by atoms with Gasteiger partial charge in [0.05, 0.1) is 12.0 Å². The monoisotopic (exact) mass is 567 g/mol. The molecule has 2 saturated heterocycles. The third-order valence-electron chi connectivity index (χ3n) is 6.73. The van der Waals surface area contributed by atoms with Crippen molar-refractivity contribution < 1.29 is 60.9 Å². The van der Waals surface area contributed by atoms with Crippen LogP contribution in [0.1, 0.15) is 36.9 Å². The Bertz CT molecular complexity index is 1180. The van der Waals surface area contributed by atoms with Gasteiger partial charge in [0.1, 0.15) is 17.4 Å². The van der Waals surface area contributed by atoms with Gasteiger partial charge in [-0.2, -0.15) is 6.92 Å². The molecule has 0 aromatic heterocycles. The average molecular weight is 567 g/mol. The molecule has 8 heteroatoms. The molecule has 5 nitrogen and oxygen atoms in total. The van der Waals surface area contributed by atoms with Gasteiger partial charge in [-0.25, -0.2) is 8.78 Å². The predicted octanol–water partition coefficient (Wildman–Crippen LogP) is 5.65. The summed E-state index contributed by atoms with van der Waals surface area (Å²) in [6, 6.07) is 18.3. The molecule has 5 rings (SSSR count). The molecule has 2 aliphatic heterocycles. The van der Waals surface area contributed by atoms with E-state index in [0.29, 0.717) is 37.3 Å². The van der Waals surface area contributed by atoms with Crippen molar-refractivity contribution >= 4 is 11.6 Å². The number of carbonyl (C=O) groups excluding carboxylic acids is 1. The molecule has 2 heterocycles. The number of halogens is 2. The van der Waals surface area contributed by atoms with E-state index in [0.717, 1.165) is 11.5 Å². The SMILES string of the molecule is C[C-]1COC(CC[C@H]2C(=O)N(c3ccc(F)cc3)[C@@H]2c2ccc(O)cc2)(c2ccc(F)cc2)OC1.[Y]. The summed E-state index contributed by atoms with van der Waals surface area (Å²) in [7, 11) is 0. The third kappa shape index (κ3) is 5.26. The Morgan fingerprint density at radius 1 is 0.944 bits per heavy atom. The fraction of sp³-hybridized carbons (Fsp3) is 0.286. The van der Waals surface area contributed by atoms with Crippen LogP contribution in [0, 0.1) is 23.5 Å². The molecule has 0 saturated carbocycles. The topological polar surface area (TPSA) is 59.0 Å². The predicted molar refractivity (Wildman–Crippen MR) is 126 cm³/mol. The minimum absolute atomic E-state index is 0. The normalized spacial score (nSPS) is 21.5. The molecule has 3 aromatic carbocycles. The van der Waals surface area contributed by atoms with Crippen LogP contribution in [-0.4, -0.2) is 24.2 Å². The molecule has 1 radical (unpaired) electrons. The quantitative estimate of drug-likeness (QED) is 0.309. The molecule has 185 valence electrons. The van der Waals surface area contributed by atoms with Crippen LogP contribution in [0.4, 0.5) is 14.5 Å². The van der Waals surface area contributed by atoms with Crippen molar-refractivity contribution in [1.29, 1.82) is 0 Å². The molecule has 2 fully saturated rings. The summed E-state index contributed by atoms with van der Waals surface area (Å²) in [5.74, 6) is -1.08. The molecule has 1 N–H and O–H groups in total. The fourth-order valence-corrected chi connectivity index (χ4v) is 4.84. The van der Waals surface area contributed by atoms with Crippen molar-refractivity contribution in [2.45, 2.75) is 31.6 Å². The Morgan fingerprint density at radius 2 is 1.50 bits per heavy atom. The van der Waals surface area contributed by atoms with Gasteiger partial charge in [0.2, 0.25) is 5.91 Å².